The van der Waals surface area contributed by atoms with Crippen LogP contribution in [-0.2, 0) is 0 Å². The quantitative estimate of drug-likeness (QED) is 0.508. The Kier molecular flexibility index (Phi) is 6.73. The lowest BCUT2D eigenvalue weighted by Crippen LogP contribution is -2.15. The average molecular weight is 352 g/mol. The van der Waals surface area contributed by atoms with Crippen molar-refractivity contribution in [2.24, 2.45) is 5.92 Å². The second-order valence-electron chi connectivity index (χ2n) is 6.06. The number of Topliss-reactive ketones (excluding diaryl/α,β-unsaturated/α-hetero) is 2. The van der Waals surface area contributed by atoms with Crippen molar-refractivity contribution in [3.8, 4) is 11.5 Å². The normalized spacial score (nSPS) is 12.4. The first-order chi connectivity index (χ1) is 12.5. The monoisotopic (exact) mass is 352 g/mol. The fourth-order valence-corrected chi connectivity index (χ4v) is 2.83. The highest BCUT2D eigenvalue weighted by atomic mass is 16.5. The molecule has 0 aliphatic heterocycles. The Morgan fingerprint density at radius 1 is 0.885 bits per heavy atom. The van der Waals surface area contributed by atoms with E-state index < -0.39 is 0 Å². The van der Waals surface area contributed by atoms with Crippen molar-refractivity contribution in [2.45, 2.75) is 20.3 Å². The van der Waals surface area contributed by atoms with E-state index in [1.165, 1.54) is 0 Å². The third-order valence-corrected chi connectivity index (χ3v) is 4.36. The van der Waals surface area contributed by atoms with Crippen molar-refractivity contribution in [1.82, 2.24) is 0 Å². The summed E-state index contributed by atoms with van der Waals surface area (Å²) in [4.78, 5) is 25.3. The fraction of sp³-hybridized carbons (Fsp3) is 0.273. The number of hydrogen-bond acceptors (Lipinski definition) is 4. The summed E-state index contributed by atoms with van der Waals surface area (Å²) in [7, 11) is 3.17. The van der Waals surface area contributed by atoms with Crippen molar-refractivity contribution in [3.63, 3.8) is 0 Å². The molecule has 0 spiro atoms. The Balaban J connectivity index is 2.10. The molecule has 0 radical (unpaired) electrons. The molecule has 0 saturated heterocycles. The van der Waals surface area contributed by atoms with Crippen LogP contribution >= 0.6 is 0 Å². The van der Waals surface area contributed by atoms with E-state index in [1.807, 2.05) is 13.8 Å². The van der Waals surface area contributed by atoms with E-state index in [-0.39, 0.29) is 23.9 Å². The lowest BCUT2D eigenvalue weighted by atomic mass is 9.88. The van der Waals surface area contributed by atoms with Gasteiger partial charge in [0, 0.05) is 17.5 Å². The predicted octanol–water partition coefficient (Wildman–Crippen LogP) is 4.74. The first kappa shape index (κ1) is 19.4. The van der Waals surface area contributed by atoms with Crippen molar-refractivity contribution < 1.29 is 19.1 Å². The number of ether oxygens (including phenoxy) is 2. The molecule has 4 nitrogen and oxygen atoms in total. The summed E-state index contributed by atoms with van der Waals surface area (Å²) >= 11 is 0. The molecule has 2 aromatic rings. The second-order valence-corrected chi connectivity index (χ2v) is 6.06. The van der Waals surface area contributed by atoms with Crippen LogP contribution in [0.15, 0.2) is 60.2 Å². The van der Waals surface area contributed by atoms with Crippen molar-refractivity contribution in [2.75, 3.05) is 14.2 Å². The molecule has 2 rings (SSSR count). The van der Waals surface area contributed by atoms with Crippen LogP contribution in [0.5, 0.6) is 11.5 Å². The summed E-state index contributed by atoms with van der Waals surface area (Å²) in [6.45, 7) is 3.73. The van der Waals surface area contributed by atoms with Gasteiger partial charge in [-0.25, -0.2) is 0 Å². The van der Waals surface area contributed by atoms with Crippen LogP contribution in [0.2, 0.25) is 0 Å². The molecule has 0 aromatic heterocycles. The van der Waals surface area contributed by atoms with Gasteiger partial charge in [-0.2, -0.15) is 0 Å². The van der Waals surface area contributed by atoms with Crippen molar-refractivity contribution in [1.29, 1.82) is 0 Å². The van der Waals surface area contributed by atoms with Gasteiger partial charge >= 0.3 is 0 Å². The predicted molar refractivity (Wildman–Crippen MR) is 102 cm³/mol. The maximum Gasteiger partial charge on any atom is 0.188 e. The van der Waals surface area contributed by atoms with Gasteiger partial charge in [-0.1, -0.05) is 13.0 Å². The number of rotatable bonds is 8. The molecule has 26 heavy (non-hydrogen) atoms. The molecule has 0 aliphatic carbocycles. The SMILES string of the molecule is C/C=C(\C(=O)c1ccc(OC)cc1)[C@H](C)CC(=O)c1ccc(OC)cc1. The summed E-state index contributed by atoms with van der Waals surface area (Å²) in [5.41, 5.74) is 1.84. The van der Waals surface area contributed by atoms with E-state index in [0.29, 0.717) is 28.2 Å². The van der Waals surface area contributed by atoms with Crippen LogP contribution in [0.25, 0.3) is 0 Å². The van der Waals surface area contributed by atoms with Gasteiger partial charge in [-0.15, -0.1) is 0 Å². The van der Waals surface area contributed by atoms with Crippen LogP contribution in [0.3, 0.4) is 0 Å². The molecular formula is C22H24O4. The minimum absolute atomic E-state index is 0.00188. The minimum Gasteiger partial charge on any atom is -0.497 e. The molecule has 0 fully saturated rings. The zero-order valence-electron chi connectivity index (χ0n) is 15.6. The number of carbonyl (C=O) groups excluding carboxylic acids is 2. The Hall–Kier alpha value is -2.88. The number of ketones is 2. The Morgan fingerprint density at radius 3 is 1.77 bits per heavy atom. The number of benzene rings is 2. The lowest BCUT2D eigenvalue weighted by molar-refractivity contribution is 0.0962. The molecular weight excluding hydrogens is 328 g/mol. The largest absolute Gasteiger partial charge is 0.497 e. The van der Waals surface area contributed by atoms with E-state index in [2.05, 4.69) is 0 Å². The molecule has 0 aliphatic rings. The minimum atomic E-state index is -0.177. The standard InChI is InChI=1S/C22H24O4/c1-5-20(22(24)17-8-12-19(26-4)13-9-17)15(2)14-21(23)16-6-10-18(25-3)11-7-16/h5-13,15H,14H2,1-4H3/b20-5-/t15-/m1/s1. The highest BCUT2D eigenvalue weighted by molar-refractivity contribution is 6.09. The van der Waals surface area contributed by atoms with Crippen LogP contribution in [0.4, 0.5) is 0 Å². The van der Waals surface area contributed by atoms with Gasteiger partial charge in [0.1, 0.15) is 11.5 Å². The summed E-state index contributed by atoms with van der Waals surface area (Å²) in [6, 6.07) is 14.0. The summed E-state index contributed by atoms with van der Waals surface area (Å²) in [6.07, 6.45) is 2.06. The molecule has 0 unspecified atom stereocenters. The number of allylic oxidation sites excluding steroid dienone is 2. The number of carbonyl (C=O) groups is 2. The maximum atomic E-state index is 12.8. The van der Waals surface area contributed by atoms with Crippen molar-refractivity contribution in [3.05, 3.63) is 71.3 Å². The highest BCUT2D eigenvalue weighted by Crippen LogP contribution is 2.23. The third-order valence-electron chi connectivity index (χ3n) is 4.36. The smallest absolute Gasteiger partial charge is 0.188 e. The number of hydrogen-bond donors (Lipinski definition) is 0. The van der Waals surface area contributed by atoms with E-state index in [4.69, 9.17) is 9.47 Å². The zero-order chi connectivity index (χ0) is 19.1. The van der Waals surface area contributed by atoms with E-state index >= 15 is 0 Å². The molecule has 2 aromatic carbocycles. The summed E-state index contributed by atoms with van der Waals surface area (Å²) < 4.78 is 10.2. The van der Waals surface area contributed by atoms with E-state index in [1.54, 1.807) is 68.8 Å². The zero-order valence-corrected chi connectivity index (χ0v) is 15.6. The molecule has 0 saturated carbocycles. The topological polar surface area (TPSA) is 52.6 Å². The molecule has 0 amide bonds. The van der Waals surface area contributed by atoms with Gasteiger partial charge in [-0.05, 0) is 66.9 Å². The van der Waals surface area contributed by atoms with Crippen LogP contribution < -0.4 is 9.47 Å². The molecule has 0 N–H and O–H groups in total. The Labute approximate surface area is 154 Å². The van der Waals surface area contributed by atoms with Crippen molar-refractivity contribution >= 4 is 11.6 Å². The highest BCUT2D eigenvalue weighted by Gasteiger charge is 2.21. The third kappa shape index (κ3) is 4.60. The first-order valence-corrected chi connectivity index (χ1v) is 8.52. The molecule has 1 atom stereocenters. The van der Waals surface area contributed by atoms with Gasteiger partial charge in [0.05, 0.1) is 14.2 Å². The van der Waals surface area contributed by atoms with Crippen LogP contribution in [-0.4, -0.2) is 25.8 Å². The summed E-state index contributed by atoms with van der Waals surface area (Å²) in [5, 5.41) is 0. The summed E-state index contributed by atoms with van der Waals surface area (Å²) in [5.74, 6) is 1.17. The van der Waals surface area contributed by atoms with Crippen LogP contribution in [0.1, 0.15) is 41.0 Å². The van der Waals surface area contributed by atoms with Crippen LogP contribution in [0, 0.1) is 5.92 Å². The van der Waals surface area contributed by atoms with E-state index in [9.17, 15) is 9.59 Å². The molecule has 0 bridgehead atoms. The second kappa shape index (κ2) is 8.99. The molecule has 136 valence electrons. The van der Waals surface area contributed by atoms with E-state index in [0.717, 1.165) is 0 Å². The van der Waals surface area contributed by atoms with Gasteiger partial charge in [-0.3, -0.25) is 9.59 Å². The molecule has 4 heteroatoms. The molecule has 0 heterocycles. The van der Waals surface area contributed by atoms with Gasteiger partial charge in [0.25, 0.3) is 0 Å². The van der Waals surface area contributed by atoms with Gasteiger partial charge in [0.2, 0.25) is 0 Å². The number of methoxy groups -OCH3 is 2. The van der Waals surface area contributed by atoms with Gasteiger partial charge < -0.3 is 9.47 Å². The lowest BCUT2D eigenvalue weighted by Gasteiger charge is -2.15. The first-order valence-electron chi connectivity index (χ1n) is 8.52. The fourth-order valence-electron chi connectivity index (χ4n) is 2.83. The van der Waals surface area contributed by atoms with Gasteiger partial charge in [0.15, 0.2) is 11.6 Å². The Morgan fingerprint density at radius 2 is 1.35 bits per heavy atom. The average Bonchev–Trinajstić information content (AvgIpc) is 2.68. The maximum absolute atomic E-state index is 12.8. The Bertz CT molecular complexity index is 786.